The van der Waals surface area contributed by atoms with Crippen molar-refractivity contribution in [2.45, 2.75) is 13.5 Å². The average molecular weight is 385 g/mol. The summed E-state index contributed by atoms with van der Waals surface area (Å²) < 4.78 is 5.93. The van der Waals surface area contributed by atoms with E-state index in [-0.39, 0.29) is 5.56 Å². The summed E-state index contributed by atoms with van der Waals surface area (Å²) in [6, 6.07) is 16.1. The first kappa shape index (κ1) is 18.1. The highest BCUT2D eigenvalue weighted by Crippen LogP contribution is 2.34. The Morgan fingerprint density at radius 3 is 2.58 bits per heavy atom. The van der Waals surface area contributed by atoms with Gasteiger partial charge in [0.1, 0.15) is 24.0 Å². The predicted molar refractivity (Wildman–Crippen MR) is 103 cm³/mol. The van der Waals surface area contributed by atoms with Gasteiger partial charge in [0.2, 0.25) is 0 Å². The van der Waals surface area contributed by atoms with Crippen molar-refractivity contribution in [3.05, 3.63) is 85.8 Å². The van der Waals surface area contributed by atoms with Gasteiger partial charge in [0.25, 0.3) is 5.56 Å². The molecule has 130 valence electrons. The molecule has 1 aromatic heterocycles. The Morgan fingerprint density at radius 2 is 1.85 bits per heavy atom. The lowest BCUT2D eigenvalue weighted by atomic mass is 10.00. The molecule has 0 amide bonds. The molecule has 0 radical (unpaired) electrons. The summed E-state index contributed by atoms with van der Waals surface area (Å²) in [7, 11) is 0. The van der Waals surface area contributed by atoms with Crippen LogP contribution in [0.25, 0.3) is 11.1 Å². The van der Waals surface area contributed by atoms with Crippen molar-refractivity contribution in [1.29, 1.82) is 5.26 Å². The third-order valence-corrected chi connectivity index (χ3v) is 4.27. The third kappa shape index (κ3) is 3.91. The molecule has 0 spiro atoms. The second kappa shape index (κ2) is 7.65. The maximum absolute atomic E-state index is 12.1. The van der Waals surface area contributed by atoms with Crippen LogP contribution in [0, 0.1) is 18.3 Å². The Bertz CT molecular complexity index is 1070. The molecule has 6 heteroatoms. The summed E-state index contributed by atoms with van der Waals surface area (Å²) in [5.41, 5.74) is 2.20. The molecule has 3 rings (SSSR count). The zero-order chi connectivity index (χ0) is 18.7. The first-order chi connectivity index (χ1) is 12.5. The molecule has 0 fully saturated rings. The summed E-state index contributed by atoms with van der Waals surface area (Å²) in [4.78, 5) is 14.7. The molecule has 0 saturated heterocycles. The molecule has 0 unspecified atom stereocenters. The number of ether oxygens (including phenoxy) is 1. The summed E-state index contributed by atoms with van der Waals surface area (Å²) >= 11 is 12.1. The first-order valence-electron chi connectivity index (χ1n) is 7.79. The highest BCUT2D eigenvalue weighted by molar-refractivity contribution is 6.31. The highest BCUT2D eigenvalue weighted by Gasteiger charge is 2.15. The molecule has 2 aromatic carbocycles. The molecule has 0 aliphatic rings. The number of benzene rings is 2. The quantitative estimate of drug-likeness (QED) is 0.679. The molecular weight excluding hydrogens is 371 g/mol. The number of aromatic amines is 1. The summed E-state index contributed by atoms with van der Waals surface area (Å²) in [5.74, 6) is 0.524. The van der Waals surface area contributed by atoms with Crippen LogP contribution in [-0.2, 0) is 6.61 Å². The van der Waals surface area contributed by atoms with E-state index in [4.69, 9.17) is 27.9 Å². The predicted octanol–water partition coefficient (Wildman–Crippen LogP) is 5.11. The monoisotopic (exact) mass is 384 g/mol. The summed E-state index contributed by atoms with van der Waals surface area (Å²) in [6.45, 7) is 2.04. The molecule has 0 atom stereocenters. The Kier molecular flexibility index (Phi) is 5.32. The number of hydrogen-bond acceptors (Lipinski definition) is 3. The van der Waals surface area contributed by atoms with Gasteiger partial charge >= 0.3 is 0 Å². The van der Waals surface area contributed by atoms with E-state index in [1.807, 2.05) is 24.3 Å². The number of pyridine rings is 1. The average Bonchev–Trinajstić information content (AvgIpc) is 2.60. The lowest BCUT2D eigenvalue weighted by molar-refractivity contribution is 0.307. The lowest BCUT2D eigenvalue weighted by Gasteiger charge is -2.14. The van der Waals surface area contributed by atoms with Gasteiger partial charge in [-0.15, -0.1) is 0 Å². The fraction of sp³-hybridized carbons (Fsp3) is 0.100. The Labute approximate surface area is 160 Å². The zero-order valence-corrected chi connectivity index (χ0v) is 15.4. The maximum Gasteiger partial charge on any atom is 0.266 e. The van der Waals surface area contributed by atoms with Crippen molar-refractivity contribution in [3.63, 3.8) is 0 Å². The van der Waals surface area contributed by atoms with E-state index in [1.54, 1.807) is 37.3 Å². The van der Waals surface area contributed by atoms with E-state index < -0.39 is 5.56 Å². The minimum Gasteiger partial charge on any atom is -0.488 e. The van der Waals surface area contributed by atoms with Crippen molar-refractivity contribution >= 4 is 23.2 Å². The van der Waals surface area contributed by atoms with E-state index >= 15 is 0 Å². The van der Waals surface area contributed by atoms with Crippen molar-refractivity contribution in [2.24, 2.45) is 0 Å². The van der Waals surface area contributed by atoms with Crippen LogP contribution < -0.4 is 10.3 Å². The molecule has 3 aromatic rings. The van der Waals surface area contributed by atoms with Crippen LogP contribution in [0.2, 0.25) is 10.0 Å². The van der Waals surface area contributed by atoms with Crippen molar-refractivity contribution < 1.29 is 4.74 Å². The van der Waals surface area contributed by atoms with Crippen LogP contribution in [-0.4, -0.2) is 4.98 Å². The topological polar surface area (TPSA) is 65.9 Å². The SMILES string of the molecule is Cc1cc(-c2cc(Cl)ccc2OCc2cccc(Cl)c2)c(C#N)c(=O)[nH]1. The van der Waals surface area contributed by atoms with Crippen molar-refractivity contribution in [3.8, 4) is 22.9 Å². The minimum absolute atomic E-state index is 0.0190. The van der Waals surface area contributed by atoms with Crippen LogP contribution in [0.1, 0.15) is 16.8 Å². The fourth-order valence-corrected chi connectivity index (χ4v) is 3.02. The number of aryl methyl sites for hydroxylation is 1. The molecular formula is C20H14Cl2N2O2. The number of rotatable bonds is 4. The normalized spacial score (nSPS) is 10.4. The van der Waals surface area contributed by atoms with Gasteiger partial charge in [-0.1, -0.05) is 35.3 Å². The number of nitrogens with one attached hydrogen (secondary N) is 1. The first-order valence-corrected chi connectivity index (χ1v) is 8.54. The summed E-state index contributed by atoms with van der Waals surface area (Å²) in [5, 5.41) is 10.5. The van der Waals surface area contributed by atoms with Gasteiger partial charge in [-0.05, 0) is 48.9 Å². The Balaban J connectivity index is 2.05. The Hall–Kier alpha value is -2.74. The molecule has 26 heavy (non-hydrogen) atoms. The smallest absolute Gasteiger partial charge is 0.266 e. The number of nitrogens with zero attached hydrogens (tertiary/aromatic N) is 1. The maximum atomic E-state index is 12.1. The third-order valence-electron chi connectivity index (χ3n) is 3.79. The van der Waals surface area contributed by atoms with Gasteiger partial charge in [-0.2, -0.15) is 5.26 Å². The molecule has 0 aliphatic heterocycles. The van der Waals surface area contributed by atoms with Gasteiger partial charge in [0.05, 0.1) is 0 Å². The second-order valence-corrected chi connectivity index (χ2v) is 6.61. The summed E-state index contributed by atoms with van der Waals surface area (Å²) in [6.07, 6.45) is 0. The zero-order valence-electron chi connectivity index (χ0n) is 13.8. The highest BCUT2D eigenvalue weighted by atomic mass is 35.5. The molecule has 0 saturated carbocycles. The number of nitriles is 1. The van der Waals surface area contributed by atoms with Crippen LogP contribution in [0.4, 0.5) is 0 Å². The van der Waals surface area contributed by atoms with Crippen LogP contribution in [0.3, 0.4) is 0 Å². The standard InChI is InChI=1S/C20H14Cl2N2O2/c1-12-7-16(18(10-23)20(25)24-12)17-9-15(22)5-6-19(17)26-11-13-3-2-4-14(21)8-13/h2-9H,11H2,1H3,(H,24,25). The Morgan fingerprint density at radius 1 is 1.08 bits per heavy atom. The largest absolute Gasteiger partial charge is 0.488 e. The van der Waals surface area contributed by atoms with Crippen LogP contribution in [0.5, 0.6) is 5.75 Å². The van der Waals surface area contributed by atoms with E-state index in [0.717, 1.165) is 5.56 Å². The van der Waals surface area contributed by atoms with Gasteiger partial charge in [-0.3, -0.25) is 4.79 Å². The van der Waals surface area contributed by atoms with Crippen molar-refractivity contribution in [1.82, 2.24) is 4.98 Å². The molecule has 4 nitrogen and oxygen atoms in total. The number of halogens is 2. The molecule has 1 heterocycles. The number of H-pyrrole nitrogens is 1. The van der Waals surface area contributed by atoms with Gasteiger partial charge in [-0.25, -0.2) is 0 Å². The molecule has 0 bridgehead atoms. The van der Waals surface area contributed by atoms with Gasteiger partial charge in [0, 0.05) is 26.9 Å². The van der Waals surface area contributed by atoms with Crippen molar-refractivity contribution in [2.75, 3.05) is 0 Å². The van der Waals surface area contributed by atoms with Crippen LogP contribution >= 0.6 is 23.2 Å². The second-order valence-electron chi connectivity index (χ2n) is 5.74. The molecule has 0 aliphatic carbocycles. The van der Waals surface area contributed by atoms with Gasteiger partial charge < -0.3 is 9.72 Å². The molecule has 1 N–H and O–H groups in total. The van der Waals surface area contributed by atoms with E-state index in [1.165, 1.54) is 0 Å². The number of aromatic nitrogens is 1. The number of hydrogen-bond donors (Lipinski definition) is 1. The lowest BCUT2D eigenvalue weighted by Crippen LogP contribution is -2.13. The van der Waals surface area contributed by atoms with E-state index in [0.29, 0.717) is 39.2 Å². The van der Waals surface area contributed by atoms with Crippen LogP contribution in [0.15, 0.2) is 53.3 Å². The van der Waals surface area contributed by atoms with Gasteiger partial charge in [0.15, 0.2) is 0 Å². The van der Waals surface area contributed by atoms with E-state index in [9.17, 15) is 10.1 Å². The van der Waals surface area contributed by atoms with E-state index in [2.05, 4.69) is 4.98 Å². The minimum atomic E-state index is -0.441. The fourth-order valence-electron chi connectivity index (χ4n) is 2.64.